The van der Waals surface area contributed by atoms with Gasteiger partial charge >= 0.3 is 5.97 Å². The highest BCUT2D eigenvalue weighted by Crippen LogP contribution is 2.29. The van der Waals surface area contributed by atoms with Crippen LogP contribution in [0.3, 0.4) is 0 Å². The van der Waals surface area contributed by atoms with E-state index >= 15 is 0 Å². The number of aromatic nitrogens is 2. The molecule has 1 aromatic carbocycles. The van der Waals surface area contributed by atoms with Gasteiger partial charge in [-0.1, -0.05) is 0 Å². The molecule has 0 aliphatic carbocycles. The van der Waals surface area contributed by atoms with Crippen LogP contribution in [0.15, 0.2) is 16.6 Å². The van der Waals surface area contributed by atoms with Crippen LogP contribution in [-0.2, 0) is 13.0 Å². The van der Waals surface area contributed by atoms with E-state index in [2.05, 4.69) is 25.5 Å². The molecule has 0 saturated heterocycles. The Labute approximate surface area is 106 Å². The van der Waals surface area contributed by atoms with E-state index in [-0.39, 0.29) is 5.56 Å². The van der Waals surface area contributed by atoms with Gasteiger partial charge in [0.05, 0.1) is 16.6 Å². The van der Waals surface area contributed by atoms with Crippen LogP contribution >= 0.6 is 15.9 Å². The number of aryl methyl sites for hydroxylation is 2. The Morgan fingerprint density at radius 1 is 1.41 bits per heavy atom. The number of hydrogen-bond donors (Lipinski definition) is 1. The summed E-state index contributed by atoms with van der Waals surface area (Å²) in [5, 5.41) is 9.02. The number of carbonyl (C=O) groups is 1. The smallest absolute Gasteiger partial charge is 0.335 e. The first kappa shape index (κ1) is 10.8. The number of halogens is 1. The molecule has 2 heterocycles. The third-order valence-electron chi connectivity index (χ3n) is 3.15. The Bertz CT molecular complexity index is 618. The van der Waals surface area contributed by atoms with Gasteiger partial charge in [-0.25, -0.2) is 9.78 Å². The maximum absolute atomic E-state index is 11.0. The summed E-state index contributed by atoms with van der Waals surface area (Å²) in [7, 11) is 0. The molecule has 17 heavy (non-hydrogen) atoms. The number of carboxylic acids is 1. The molecule has 0 unspecified atom stereocenters. The highest BCUT2D eigenvalue weighted by atomic mass is 79.9. The molecule has 0 spiro atoms. The predicted octanol–water partition coefficient (Wildman–Crippen LogP) is 2.83. The van der Waals surface area contributed by atoms with Crippen LogP contribution in [0.2, 0.25) is 0 Å². The van der Waals surface area contributed by atoms with Crippen molar-refractivity contribution in [3.05, 3.63) is 28.0 Å². The number of rotatable bonds is 1. The molecule has 5 heteroatoms. The van der Waals surface area contributed by atoms with Crippen molar-refractivity contribution in [2.24, 2.45) is 0 Å². The fraction of sp³-hybridized carbons (Fsp3) is 0.333. The Balaban J connectivity index is 2.30. The van der Waals surface area contributed by atoms with Gasteiger partial charge in [-0.15, -0.1) is 0 Å². The highest BCUT2D eigenvalue weighted by molar-refractivity contribution is 9.10. The SMILES string of the molecule is O=C(O)c1cc(Br)c2c(c1)nc1n2CCCC1. The number of imidazole rings is 1. The van der Waals surface area contributed by atoms with E-state index in [0.717, 1.165) is 47.1 Å². The van der Waals surface area contributed by atoms with Crippen LogP contribution in [-0.4, -0.2) is 20.6 Å². The first-order chi connectivity index (χ1) is 8.16. The first-order valence-corrected chi connectivity index (χ1v) is 6.38. The molecule has 88 valence electrons. The summed E-state index contributed by atoms with van der Waals surface area (Å²) in [6.07, 6.45) is 3.29. The van der Waals surface area contributed by atoms with Crippen LogP contribution in [0.4, 0.5) is 0 Å². The summed E-state index contributed by atoms with van der Waals surface area (Å²) >= 11 is 3.45. The second-order valence-electron chi connectivity index (χ2n) is 4.27. The predicted molar refractivity (Wildman–Crippen MR) is 67.3 cm³/mol. The monoisotopic (exact) mass is 294 g/mol. The zero-order valence-electron chi connectivity index (χ0n) is 9.11. The van der Waals surface area contributed by atoms with Crippen molar-refractivity contribution in [3.8, 4) is 0 Å². The Kier molecular flexibility index (Phi) is 2.43. The fourth-order valence-electron chi connectivity index (χ4n) is 2.37. The molecule has 1 aliphatic rings. The van der Waals surface area contributed by atoms with E-state index in [9.17, 15) is 4.79 Å². The van der Waals surface area contributed by atoms with Crippen molar-refractivity contribution >= 4 is 32.9 Å². The topological polar surface area (TPSA) is 55.1 Å². The van der Waals surface area contributed by atoms with E-state index in [1.807, 2.05) is 0 Å². The summed E-state index contributed by atoms with van der Waals surface area (Å²) in [5.41, 5.74) is 2.07. The molecular weight excluding hydrogens is 284 g/mol. The van der Waals surface area contributed by atoms with Crippen molar-refractivity contribution in [1.82, 2.24) is 9.55 Å². The van der Waals surface area contributed by atoms with Gasteiger partial charge in [0, 0.05) is 17.4 Å². The molecule has 0 bridgehead atoms. The number of hydrogen-bond acceptors (Lipinski definition) is 2. The quantitative estimate of drug-likeness (QED) is 0.880. The van der Waals surface area contributed by atoms with Crippen LogP contribution in [0, 0.1) is 0 Å². The van der Waals surface area contributed by atoms with Gasteiger partial charge in [0.15, 0.2) is 0 Å². The van der Waals surface area contributed by atoms with Crippen molar-refractivity contribution in [2.45, 2.75) is 25.8 Å². The number of nitrogens with zero attached hydrogens (tertiary/aromatic N) is 2. The standard InChI is InChI=1S/C12H11BrN2O2/c13-8-5-7(12(16)17)6-9-11(8)15-4-2-1-3-10(15)14-9/h5-6H,1-4H2,(H,16,17). The maximum Gasteiger partial charge on any atom is 0.335 e. The summed E-state index contributed by atoms with van der Waals surface area (Å²) in [6.45, 7) is 0.969. The van der Waals surface area contributed by atoms with Gasteiger partial charge in [-0.2, -0.15) is 0 Å². The van der Waals surface area contributed by atoms with Gasteiger partial charge in [-0.05, 0) is 40.9 Å². The minimum Gasteiger partial charge on any atom is -0.478 e. The number of fused-ring (bicyclic) bond motifs is 3. The van der Waals surface area contributed by atoms with E-state index < -0.39 is 5.97 Å². The third-order valence-corrected chi connectivity index (χ3v) is 3.76. The molecule has 0 amide bonds. The highest BCUT2D eigenvalue weighted by Gasteiger charge is 2.18. The molecule has 1 aliphatic heterocycles. The van der Waals surface area contributed by atoms with Gasteiger partial charge in [0.25, 0.3) is 0 Å². The number of benzene rings is 1. The molecule has 0 fully saturated rings. The lowest BCUT2D eigenvalue weighted by Crippen LogP contribution is -2.10. The lowest BCUT2D eigenvalue weighted by Gasteiger charge is -2.14. The molecule has 0 atom stereocenters. The molecule has 0 saturated carbocycles. The molecule has 0 radical (unpaired) electrons. The minimum atomic E-state index is -0.918. The second-order valence-corrected chi connectivity index (χ2v) is 5.12. The van der Waals surface area contributed by atoms with Gasteiger partial charge in [0.2, 0.25) is 0 Å². The molecule has 1 N–H and O–H groups in total. The van der Waals surface area contributed by atoms with Crippen LogP contribution in [0.1, 0.15) is 29.0 Å². The zero-order chi connectivity index (χ0) is 12.0. The number of aromatic carboxylic acids is 1. The fourth-order valence-corrected chi connectivity index (χ4v) is 3.04. The minimum absolute atomic E-state index is 0.278. The van der Waals surface area contributed by atoms with Crippen LogP contribution < -0.4 is 0 Å². The average Bonchev–Trinajstić information content (AvgIpc) is 2.67. The average molecular weight is 295 g/mol. The molecule has 3 rings (SSSR count). The third kappa shape index (κ3) is 1.65. The lowest BCUT2D eigenvalue weighted by atomic mass is 10.1. The normalized spacial score (nSPS) is 14.9. The lowest BCUT2D eigenvalue weighted by molar-refractivity contribution is 0.0697. The Morgan fingerprint density at radius 3 is 3.00 bits per heavy atom. The zero-order valence-corrected chi connectivity index (χ0v) is 10.7. The first-order valence-electron chi connectivity index (χ1n) is 5.59. The summed E-state index contributed by atoms with van der Waals surface area (Å²) in [4.78, 5) is 15.5. The summed E-state index contributed by atoms with van der Waals surface area (Å²) in [5.74, 6) is 0.146. The van der Waals surface area contributed by atoms with Crippen molar-refractivity contribution in [3.63, 3.8) is 0 Å². The molecule has 1 aromatic heterocycles. The van der Waals surface area contributed by atoms with Crippen molar-refractivity contribution in [1.29, 1.82) is 0 Å². The van der Waals surface area contributed by atoms with Crippen molar-refractivity contribution < 1.29 is 9.90 Å². The Hall–Kier alpha value is -1.36. The van der Waals surface area contributed by atoms with Crippen LogP contribution in [0.5, 0.6) is 0 Å². The molecular formula is C12H11BrN2O2. The van der Waals surface area contributed by atoms with Gasteiger partial charge in [-0.3, -0.25) is 0 Å². The van der Waals surface area contributed by atoms with Crippen LogP contribution in [0.25, 0.3) is 11.0 Å². The largest absolute Gasteiger partial charge is 0.478 e. The summed E-state index contributed by atoms with van der Waals surface area (Å²) < 4.78 is 3.00. The Morgan fingerprint density at radius 2 is 2.24 bits per heavy atom. The van der Waals surface area contributed by atoms with E-state index in [1.165, 1.54) is 0 Å². The van der Waals surface area contributed by atoms with Gasteiger partial charge in [0.1, 0.15) is 5.82 Å². The van der Waals surface area contributed by atoms with E-state index in [4.69, 9.17) is 5.11 Å². The van der Waals surface area contributed by atoms with Gasteiger partial charge < -0.3 is 9.67 Å². The maximum atomic E-state index is 11.0. The van der Waals surface area contributed by atoms with E-state index in [0.29, 0.717) is 0 Å². The molecule has 4 nitrogen and oxygen atoms in total. The molecule has 2 aromatic rings. The second kappa shape index (κ2) is 3.84. The number of carboxylic acid groups (broad SMARTS) is 1. The van der Waals surface area contributed by atoms with Crippen molar-refractivity contribution in [2.75, 3.05) is 0 Å². The van der Waals surface area contributed by atoms with E-state index in [1.54, 1.807) is 12.1 Å². The summed E-state index contributed by atoms with van der Waals surface area (Å²) in [6, 6.07) is 3.29.